The minimum absolute atomic E-state index is 0. The summed E-state index contributed by atoms with van der Waals surface area (Å²) in [6.07, 6.45) is 8.71. The van der Waals surface area contributed by atoms with Gasteiger partial charge in [0.15, 0.2) is 0 Å². The number of rotatable bonds is 5. The van der Waals surface area contributed by atoms with Crippen molar-refractivity contribution in [2.75, 3.05) is 13.7 Å². The Bertz CT molecular complexity index is 298. The van der Waals surface area contributed by atoms with E-state index in [1.165, 1.54) is 12.7 Å². The Morgan fingerprint density at radius 1 is 1.56 bits per heavy atom. The maximum Gasteiger partial charge on any atom is 0.323 e. The summed E-state index contributed by atoms with van der Waals surface area (Å²) in [4.78, 5) is 11.5. The Hall–Kier alpha value is -1.09. The molecule has 0 heterocycles. The third-order valence-corrected chi connectivity index (χ3v) is 2.72. The van der Waals surface area contributed by atoms with E-state index >= 15 is 0 Å². The molecule has 1 aliphatic carbocycles. The molecular weight excluding hydrogens is 202 g/mol. The molecule has 16 heavy (non-hydrogen) atoms. The molecule has 1 aliphatic rings. The number of nitrogens with one attached hydrogen (secondary N) is 1. The molecule has 3 nitrogen and oxygen atoms in total. The van der Waals surface area contributed by atoms with E-state index in [0.717, 1.165) is 19.4 Å². The van der Waals surface area contributed by atoms with Crippen LogP contribution < -0.4 is 5.32 Å². The number of hydrogen-bond acceptors (Lipinski definition) is 3. The van der Waals surface area contributed by atoms with Gasteiger partial charge in [-0.1, -0.05) is 32.1 Å². The van der Waals surface area contributed by atoms with Crippen LogP contribution in [0.4, 0.5) is 0 Å². The van der Waals surface area contributed by atoms with Crippen LogP contribution in [0.5, 0.6) is 0 Å². The fourth-order valence-electron chi connectivity index (χ4n) is 1.74. The standard InChI is InChI=1S/C13H21NO2.H2/c1-10(2)12(13(15)16-3)14-9-11-7-5-4-6-8-11;/h5,7-8,10,12,14H,4,6,9H2,1-3H3;1H/t12-;/m0./s1. The van der Waals surface area contributed by atoms with Crippen LogP contribution in [0.15, 0.2) is 23.8 Å². The van der Waals surface area contributed by atoms with Gasteiger partial charge >= 0.3 is 5.97 Å². The molecule has 0 aromatic carbocycles. The highest BCUT2D eigenvalue weighted by molar-refractivity contribution is 5.75. The minimum Gasteiger partial charge on any atom is -0.468 e. The second-order valence-electron chi connectivity index (χ2n) is 4.38. The summed E-state index contributed by atoms with van der Waals surface area (Å²) in [5, 5.41) is 3.25. The van der Waals surface area contributed by atoms with Crippen LogP contribution in [0, 0.1) is 5.92 Å². The summed E-state index contributed by atoms with van der Waals surface area (Å²) < 4.78 is 4.77. The average Bonchev–Trinajstić information content (AvgIpc) is 2.30. The summed E-state index contributed by atoms with van der Waals surface area (Å²) in [6.45, 7) is 4.76. The molecule has 0 radical (unpaired) electrons. The van der Waals surface area contributed by atoms with E-state index in [4.69, 9.17) is 4.74 Å². The van der Waals surface area contributed by atoms with Gasteiger partial charge in [0.1, 0.15) is 6.04 Å². The topological polar surface area (TPSA) is 38.3 Å². The van der Waals surface area contributed by atoms with Crippen molar-refractivity contribution in [1.29, 1.82) is 0 Å². The van der Waals surface area contributed by atoms with Crippen molar-refractivity contribution in [2.45, 2.75) is 32.7 Å². The van der Waals surface area contributed by atoms with E-state index in [1.807, 2.05) is 13.8 Å². The normalized spacial score (nSPS) is 17.1. The first-order chi connectivity index (χ1) is 7.65. The van der Waals surface area contributed by atoms with E-state index in [1.54, 1.807) is 0 Å². The molecule has 0 aromatic rings. The summed E-state index contributed by atoms with van der Waals surface area (Å²) in [7, 11) is 1.43. The smallest absolute Gasteiger partial charge is 0.323 e. The first kappa shape index (κ1) is 13.0. The number of allylic oxidation sites excluding steroid dienone is 2. The molecule has 0 saturated heterocycles. The molecule has 1 atom stereocenters. The van der Waals surface area contributed by atoms with Gasteiger partial charge in [-0.15, -0.1) is 0 Å². The molecule has 0 saturated carbocycles. The number of ether oxygens (including phenoxy) is 1. The van der Waals surface area contributed by atoms with E-state index in [9.17, 15) is 4.79 Å². The lowest BCUT2D eigenvalue weighted by Gasteiger charge is -2.20. The average molecular weight is 225 g/mol. The van der Waals surface area contributed by atoms with Gasteiger partial charge in [-0.3, -0.25) is 4.79 Å². The van der Waals surface area contributed by atoms with E-state index in [2.05, 4.69) is 23.5 Å². The first-order valence-electron chi connectivity index (χ1n) is 5.82. The third kappa shape index (κ3) is 3.81. The molecule has 0 spiro atoms. The van der Waals surface area contributed by atoms with E-state index in [-0.39, 0.29) is 19.4 Å². The third-order valence-electron chi connectivity index (χ3n) is 2.72. The van der Waals surface area contributed by atoms with Crippen molar-refractivity contribution in [3.8, 4) is 0 Å². The quantitative estimate of drug-likeness (QED) is 0.730. The summed E-state index contributed by atoms with van der Waals surface area (Å²) in [5.74, 6) is 0.0519. The second kappa shape index (κ2) is 6.48. The Labute approximate surface area is 99.0 Å². The Morgan fingerprint density at radius 3 is 2.81 bits per heavy atom. The highest BCUT2D eigenvalue weighted by atomic mass is 16.5. The van der Waals surface area contributed by atoms with Crippen LogP contribution in [-0.4, -0.2) is 25.7 Å². The molecule has 0 aliphatic heterocycles. The fraction of sp³-hybridized carbons (Fsp3) is 0.615. The molecule has 3 heteroatoms. The molecule has 0 amide bonds. The first-order valence-corrected chi connectivity index (χ1v) is 5.82. The zero-order valence-electron chi connectivity index (χ0n) is 10.3. The van der Waals surface area contributed by atoms with Crippen molar-refractivity contribution in [1.82, 2.24) is 5.32 Å². The predicted molar refractivity (Wildman–Crippen MR) is 67.2 cm³/mol. The monoisotopic (exact) mass is 225 g/mol. The van der Waals surface area contributed by atoms with Gasteiger partial charge in [0.25, 0.3) is 0 Å². The van der Waals surface area contributed by atoms with Gasteiger partial charge in [0.05, 0.1) is 7.11 Å². The molecule has 0 unspecified atom stereocenters. The fourth-order valence-corrected chi connectivity index (χ4v) is 1.74. The van der Waals surface area contributed by atoms with Gasteiger partial charge in [-0.05, 0) is 24.3 Å². The van der Waals surface area contributed by atoms with Crippen LogP contribution in [-0.2, 0) is 9.53 Å². The van der Waals surface area contributed by atoms with Gasteiger partial charge in [-0.2, -0.15) is 0 Å². The Morgan fingerprint density at radius 2 is 2.31 bits per heavy atom. The lowest BCUT2D eigenvalue weighted by Crippen LogP contribution is -2.42. The molecule has 1 N–H and O–H groups in total. The van der Waals surface area contributed by atoms with Crippen molar-refractivity contribution in [3.63, 3.8) is 0 Å². The molecular formula is C13H23NO2. The Balaban J connectivity index is 0.00000256. The zero-order valence-corrected chi connectivity index (χ0v) is 10.3. The molecule has 1 rings (SSSR count). The maximum absolute atomic E-state index is 11.5. The van der Waals surface area contributed by atoms with E-state index < -0.39 is 0 Å². The molecule has 0 fully saturated rings. The van der Waals surface area contributed by atoms with Crippen molar-refractivity contribution in [2.24, 2.45) is 5.92 Å². The zero-order chi connectivity index (χ0) is 12.0. The maximum atomic E-state index is 11.5. The Kier molecular flexibility index (Phi) is 5.26. The summed E-state index contributed by atoms with van der Waals surface area (Å²) in [5.41, 5.74) is 1.25. The highest BCUT2D eigenvalue weighted by Crippen LogP contribution is 2.10. The summed E-state index contributed by atoms with van der Waals surface area (Å²) in [6, 6.07) is -0.221. The van der Waals surface area contributed by atoms with Crippen molar-refractivity contribution >= 4 is 5.97 Å². The second-order valence-corrected chi connectivity index (χ2v) is 4.38. The number of esters is 1. The SMILES string of the molecule is COC(=O)[C@@H](NCC1=CCCC=C1)C(C)C.[HH]. The highest BCUT2D eigenvalue weighted by Gasteiger charge is 2.22. The van der Waals surface area contributed by atoms with E-state index in [0.29, 0.717) is 0 Å². The van der Waals surface area contributed by atoms with Crippen molar-refractivity contribution in [3.05, 3.63) is 23.8 Å². The van der Waals surface area contributed by atoms with Crippen molar-refractivity contribution < 1.29 is 11.0 Å². The minimum atomic E-state index is -0.221. The van der Waals surface area contributed by atoms with Crippen LogP contribution >= 0.6 is 0 Å². The lowest BCUT2D eigenvalue weighted by atomic mass is 10.0. The lowest BCUT2D eigenvalue weighted by molar-refractivity contribution is -0.144. The number of hydrogen-bond donors (Lipinski definition) is 1. The van der Waals surface area contributed by atoms with Crippen LogP contribution in [0.1, 0.15) is 28.1 Å². The van der Waals surface area contributed by atoms with Crippen LogP contribution in [0.2, 0.25) is 0 Å². The number of carbonyl (C=O) groups excluding carboxylic acids is 1. The van der Waals surface area contributed by atoms with Gasteiger partial charge in [-0.25, -0.2) is 0 Å². The largest absolute Gasteiger partial charge is 0.468 e. The van der Waals surface area contributed by atoms with Gasteiger partial charge in [0, 0.05) is 7.97 Å². The number of carbonyl (C=O) groups is 1. The van der Waals surface area contributed by atoms with Gasteiger partial charge in [0.2, 0.25) is 0 Å². The van der Waals surface area contributed by atoms with Gasteiger partial charge < -0.3 is 10.1 Å². The van der Waals surface area contributed by atoms with Crippen LogP contribution in [0.25, 0.3) is 0 Å². The molecule has 0 aromatic heterocycles. The molecule has 0 bridgehead atoms. The summed E-state index contributed by atoms with van der Waals surface area (Å²) >= 11 is 0. The number of methoxy groups -OCH3 is 1. The molecule has 92 valence electrons. The predicted octanol–water partition coefficient (Wildman–Crippen LogP) is 2.30. The van der Waals surface area contributed by atoms with Crippen LogP contribution in [0.3, 0.4) is 0 Å².